The maximum atomic E-state index is 11.4. The minimum absolute atomic E-state index is 0.210. The third-order valence-corrected chi connectivity index (χ3v) is 1.70. The average molecular weight is 209 g/mol. The quantitative estimate of drug-likeness (QED) is 0.745. The summed E-state index contributed by atoms with van der Waals surface area (Å²) in [7, 11) is 0. The fourth-order valence-electron chi connectivity index (χ4n) is 1.12. The van der Waals surface area contributed by atoms with Crippen molar-refractivity contribution in [2.75, 3.05) is 6.61 Å². The molecule has 15 heavy (non-hydrogen) atoms. The predicted octanol–water partition coefficient (Wildman–Crippen LogP) is 0.885. The van der Waals surface area contributed by atoms with Crippen LogP contribution in [0.4, 0.5) is 0 Å². The van der Waals surface area contributed by atoms with Gasteiger partial charge in [-0.05, 0) is 19.1 Å². The van der Waals surface area contributed by atoms with Crippen LogP contribution in [0.5, 0.6) is 0 Å². The van der Waals surface area contributed by atoms with E-state index in [-0.39, 0.29) is 24.3 Å². The Kier molecular flexibility index (Phi) is 3.79. The molecular formula is C10H11NO4. The minimum atomic E-state index is -1.03. The molecule has 0 radical (unpaired) electrons. The topological polar surface area (TPSA) is 76.5 Å². The van der Waals surface area contributed by atoms with Crippen LogP contribution in [0.3, 0.4) is 0 Å². The molecule has 0 aliphatic heterocycles. The van der Waals surface area contributed by atoms with Gasteiger partial charge in [0.2, 0.25) is 0 Å². The maximum Gasteiger partial charge on any atom is 0.339 e. The summed E-state index contributed by atoms with van der Waals surface area (Å²) in [5.41, 5.74) is 0.435. The molecule has 0 aliphatic rings. The summed E-state index contributed by atoms with van der Waals surface area (Å²) in [6.07, 6.45) is 1.16. The van der Waals surface area contributed by atoms with Gasteiger partial charge in [0.25, 0.3) is 0 Å². The monoisotopic (exact) mass is 209 g/mol. The number of hydrogen-bond donors (Lipinski definition) is 1. The Morgan fingerprint density at radius 1 is 1.53 bits per heavy atom. The van der Waals surface area contributed by atoms with Crippen LogP contribution < -0.4 is 0 Å². The molecule has 0 fully saturated rings. The summed E-state index contributed by atoms with van der Waals surface area (Å²) in [6.45, 7) is 1.94. The fraction of sp³-hybridized carbons (Fsp3) is 0.300. The number of carboxylic acids is 1. The van der Waals surface area contributed by atoms with Gasteiger partial charge in [0.05, 0.1) is 24.3 Å². The van der Waals surface area contributed by atoms with Crippen molar-refractivity contribution in [3.05, 3.63) is 29.6 Å². The number of rotatable bonds is 4. The van der Waals surface area contributed by atoms with Gasteiger partial charge in [-0.3, -0.25) is 9.78 Å². The van der Waals surface area contributed by atoms with Gasteiger partial charge in [0, 0.05) is 6.20 Å². The Hall–Kier alpha value is -1.91. The summed E-state index contributed by atoms with van der Waals surface area (Å²) in [5, 5.41) is 8.61. The molecule has 0 bridgehead atoms. The number of pyridine rings is 1. The lowest BCUT2D eigenvalue weighted by atomic mass is 10.1. The van der Waals surface area contributed by atoms with Crippen LogP contribution in [0.1, 0.15) is 23.0 Å². The normalized spacial score (nSPS) is 9.67. The summed E-state index contributed by atoms with van der Waals surface area (Å²) in [5.74, 6) is -1.57. The molecule has 1 rings (SSSR count). The van der Waals surface area contributed by atoms with Crippen molar-refractivity contribution in [1.29, 1.82) is 0 Å². The molecule has 5 heteroatoms. The summed E-state index contributed by atoms with van der Waals surface area (Å²) < 4.78 is 4.78. The number of aliphatic carboxylic acids is 1. The van der Waals surface area contributed by atoms with Crippen molar-refractivity contribution in [2.45, 2.75) is 13.3 Å². The first kappa shape index (κ1) is 11.2. The van der Waals surface area contributed by atoms with Gasteiger partial charge in [0.15, 0.2) is 0 Å². The molecule has 0 unspecified atom stereocenters. The smallest absolute Gasteiger partial charge is 0.339 e. The van der Waals surface area contributed by atoms with E-state index in [9.17, 15) is 9.59 Å². The van der Waals surface area contributed by atoms with Crippen LogP contribution in [0, 0.1) is 0 Å². The highest BCUT2D eigenvalue weighted by atomic mass is 16.5. The number of hydrogen-bond acceptors (Lipinski definition) is 4. The Balaban J connectivity index is 2.95. The average Bonchev–Trinajstić information content (AvgIpc) is 2.18. The van der Waals surface area contributed by atoms with Gasteiger partial charge < -0.3 is 9.84 Å². The molecule has 0 saturated carbocycles. The third-order valence-electron chi connectivity index (χ3n) is 1.70. The first-order chi connectivity index (χ1) is 7.15. The molecule has 5 nitrogen and oxygen atoms in total. The third kappa shape index (κ3) is 3.05. The van der Waals surface area contributed by atoms with Crippen LogP contribution in [0.25, 0.3) is 0 Å². The Bertz CT molecular complexity index is 375. The van der Waals surface area contributed by atoms with Crippen molar-refractivity contribution < 1.29 is 19.4 Å². The van der Waals surface area contributed by atoms with E-state index >= 15 is 0 Å². The first-order valence-corrected chi connectivity index (χ1v) is 4.48. The van der Waals surface area contributed by atoms with E-state index in [0.29, 0.717) is 0 Å². The Labute approximate surface area is 86.7 Å². The van der Waals surface area contributed by atoms with E-state index in [2.05, 4.69) is 4.98 Å². The maximum absolute atomic E-state index is 11.4. The number of carboxylic acid groups (broad SMARTS) is 1. The minimum Gasteiger partial charge on any atom is -0.481 e. The second kappa shape index (κ2) is 5.09. The molecular weight excluding hydrogens is 198 g/mol. The largest absolute Gasteiger partial charge is 0.481 e. The number of ether oxygens (including phenoxy) is 1. The summed E-state index contributed by atoms with van der Waals surface area (Å²) in [4.78, 5) is 25.7. The number of nitrogens with zero attached hydrogens (tertiary/aromatic N) is 1. The van der Waals surface area contributed by atoms with Crippen LogP contribution in [0.15, 0.2) is 18.3 Å². The molecule has 1 aromatic heterocycles. The highest BCUT2D eigenvalue weighted by Crippen LogP contribution is 2.08. The highest BCUT2D eigenvalue weighted by Gasteiger charge is 2.14. The van der Waals surface area contributed by atoms with E-state index in [1.807, 2.05) is 0 Å². The highest BCUT2D eigenvalue weighted by molar-refractivity contribution is 5.91. The molecule has 0 aliphatic carbocycles. The Morgan fingerprint density at radius 3 is 2.87 bits per heavy atom. The fourth-order valence-corrected chi connectivity index (χ4v) is 1.12. The lowest BCUT2D eigenvalue weighted by Crippen LogP contribution is -2.12. The molecule has 0 amide bonds. The number of carbonyl (C=O) groups is 2. The van der Waals surface area contributed by atoms with Crippen molar-refractivity contribution >= 4 is 11.9 Å². The van der Waals surface area contributed by atoms with E-state index in [4.69, 9.17) is 9.84 Å². The number of esters is 1. The zero-order valence-corrected chi connectivity index (χ0v) is 8.27. The van der Waals surface area contributed by atoms with Gasteiger partial charge >= 0.3 is 11.9 Å². The van der Waals surface area contributed by atoms with Crippen LogP contribution in [-0.4, -0.2) is 28.6 Å². The molecule has 1 N–H and O–H groups in total. The van der Waals surface area contributed by atoms with Crippen molar-refractivity contribution in [3.8, 4) is 0 Å². The standard InChI is InChI=1S/C10H11NO4/c1-2-15-10(14)7-4-3-5-11-8(7)6-9(12)13/h3-5H,2,6H2,1H3,(H,12,13). The lowest BCUT2D eigenvalue weighted by Gasteiger charge is -2.05. The van der Waals surface area contributed by atoms with E-state index in [1.165, 1.54) is 12.3 Å². The summed E-state index contributed by atoms with van der Waals surface area (Å²) >= 11 is 0. The van der Waals surface area contributed by atoms with E-state index in [1.54, 1.807) is 13.0 Å². The van der Waals surface area contributed by atoms with Crippen LogP contribution >= 0.6 is 0 Å². The number of carbonyl (C=O) groups excluding carboxylic acids is 1. The summed E-state index contributed by atoms with van der Waals surface area (Å²) in [6, 6.07) is 3.07. The van der Waals surface area contributed by atoms with Gasteiger partial charge in [0.1, 0.15) is 0 Å². The van der Waals surface area contributed by atoms with Crippen LogP contribution in [0.2, 0.25) is 0 Å². The molecule has 1 heterocycles. The van der Waals surface area contributed by atoms with E-state index in [0.717, 1.165) is 0 Å². The second-order valence-electron chi connectivity index (χ2n) is 2.79. The lowest BCUT2D eigenvalue weighted by molar-refractivity contribution is -0.136. The van der Waals surface area contributed by atoms with Crippen molar-refractivity contribution in [1.82, 2.24) is 4.98 Å². The molecule has 0 aromatic carbocycles. The van der Waals surface area contributed by atoms with E-state index < -0.39 is 11.9 Å². The Morgan fingerprint density at radius 2 is 2.27 bits per heavy atom. The van der Waals surface area contributed by atoms with Gasteiger partial charge in [-0.15, -0.1) is 0 Å². The molecule has 0 saturated heterocycles. The second-order valence-corrected chi connectivity index (χ2v) is 2.79. The van der Waals surface area contributed by atoms with Crippen LogP contribution in [-0.2, 0) is 16.0 Å². The number of aromatic nitrogens is 1. The van der Waals surface area contributed by atoms with Gasteiger partial charge in [-0.1, -0.05) is 0 Å². The molecule has 1 aromatic rings. The zero-order chi connectivity index (χ0) is 11.3. The first-order valence-electron chi connectivity index (χ1n) is 4.48. The van der Waals surface area contributed by atoms with Crippen molar-refractivity contribution in [3.63, 3.8) is 0 Å². The molecule has 80 valence electrons. The SMILES string of the molecule is CCOC(=O)c1cccnc1CC(=O)O. The van der Waals surface area contributed by atoms with Crippen molar-refractivity contribution in [2.24, 2.45) is 0 Å². The van der Waals surface area contributed by atoms with Gasteiger partial charge in [-0.25, -0.2) is 4.79 Å². The zero-order valence-electron chi connectivity index (χ0n) is 8.27. The predicted molar refractivity (Wildman–Crippen MR) is 51.5 cm³/mol. The van der Waals surface area contributed by atoms with Gasteiger partial charge in [-0.2, -0.15) is 0 Å². The molecule has 0 atom stereocenters. The molecule has 0 spiro atoms.